The molecule has 4 aromatic rings. The third-order valence-electron chi connectivity index (χ3n) is 7.42. The second-order valence-electron chi connectivity index (χ2n) is 9.90. The Bertz CT molecular complexity index is 1380. The van der Waals surface area contributed by atoms with Crippen molar-refractivity contribution in [2.75, 3.05) is 6.61 Å². The summed E-state index contributed by atoms with van der Waals surface area (Å²) in [6.07, 6.45) is 12.6. The van der Waals surface area contributed by atoms with E-state index in [4.69, 9.17) is 29.7 Å². The molecule has 174 valence electrons. The standard InChI is InChI=1S/C25H28N8O/c1-14-15(2)28-25-23(27-14)22(19-13-32-8-3-4-21(32)29-19)30-24(31-25)16-7-9-34-20(10-16)17-11-26-33(12-17)18-5-6-18/h11-13,16,18,20H,3-10H2,1-2H3/t16-,20-/m0/s1. The molecule has 7 rings (SSSR count). The van der Waals surface area contributed by atoms with Crippen molar-refractivity contribution in [2.45, 2.75) is 77.0 Å². The molecule has 0 radical (unpaired) electrons. The topological polar surface area (TPSA) is 96.4 Å². The third-order valence-corrected chi connectivity index (χ3v) is 7.42. The van der Waals surface area contributed by atoms with E-state index in [-0.39, 0.29) is 12.0 Å². The van der Waals surface area contributed by atoms with Crippen LogP contribution >= 0.6 is 0 Å². The number of ether oxygens (including phenoxy) is 1. The summed E-state index contributed by atoms with van der Waals surface area (Å²) in [5, 5.41) is 4.56. The van der Waals surface area contributed by atoms with Crippen LogP contribution in [-0.4, -0.2) is 45.9 Å². The number of fused-ring (bicyclic) bond motifs is 2. The van der Waals surface area contributed by atoms with Crippen LogP contribution in [0.2, 0.25) is 0 Å². The largest absolute Gasteiger partial charge is 0.373 e. The van der Waals surface area contributed by atoms with Gasteiger partial charge in [0.05, 0.1) is 29.7 Å². The van der Waals surface area contributed by atoms with Crippen molar-refractivity contribution < 1.29 is 4.74 Å². The first-order valence-corrected chi connectivity index (χ1v) is 12.4. The van der Waals surface area contributed by atoms with Gasteiger partial charge < -0.3 is 9.30 Å². The molecular weight excluding hydrogens is 428 g/mol. The summed E-state index contributed by atoms with van der Waals surface area (Å²) in [6, 6.07) is 0.571. The van der Waals surface area contributed by atoms with Gasteiger partial charge in [0, 0.05) is 43.4 Å². The smallest absolute Gasteiger partial charge is 0.182 e. The van der Waals surface area contributed by atoms with Crippen molar-refractivity contribution in [1.29, 1.82) is 0 Å². The number of aryl methyl sites for hydroxylation is 4. The maximum absolute atomic E-state index is 6.16. The van der Waals surface area contributed by atoms with Crippen LogP contribution < -0.4 is 0 Å². The van der Waals surface area contributed by atoms with Gasteiger partial charge in [-0.25, -0.2) is 24.9 Å². The van der Waals surface area contributed by atoms with E-state index in [0.29, 0.717) is 18.3 Å². The van der Waals surface area contributed by atoms with E-state index in [1.54, 1.807) is 0 Å². The van der Waals surface area contributed by atoms with Crippen molar-refractivity contribution in [2.24, 2.45) is 0 Å². The van der Waals surface area contributed by atoms with Gasteiger partial charge in [-0.05, 0) is 46.0 Å². The molecule has 0 spiro atoms. The van der Waals surface area contributed by atoms with Crippen molar-refractivity contribution in [3.8, 4) is 11.4 Å². The van der Waals surface area contributed by atoms with Gasteiger partial charge in [0.25, 0.3) is 0 Å². The van der Waals surface area contributed by atoms with Crippen LogP contribution in [-0.2, 0) is 17.7 Å². The van der Waals surface area contributed by atoms with Crippen molar-refractivity contribution in [3.05, 3.63) is 47.2 Å². The lowest BCUT2D eigenvalue weighted by Crippen LogP contribution is -2.20. The molecule has 0 amide bonds. The number of aromatic nitrogens is 8. The number of nitrogens with zero attached hydrogens (tertiary/aromatic N) is 8. The molecule has 2 fully saturated rings. The van der Waals surface area contributed by atoms with E-state index in [1.807, 2.05) is 20.0 Å². The van der Waals surface area contributed by atoms with Crippen molar-refractivity contribution >= 4 is 11.2 Å². The molecule has 34 heavy (non-hydrogen) atoms. The molecule has 6 heterocycles. The Labute approximate surface area is 197 Å². The van der Waals surface area contributed by atoms with E-state index < -0.39 is 0 Å². The highest BCUT2D eigenvalue weighted by Crippen LogP contribution is 2.39. The summed E-state index contributed by atoms with van der Waals surface area (Å²) in [6.45, 7) is 5.66. The molecule has 1 saturated heterocycles. The Kier molecular flexibility index (Phi) is 4.55. The Morgan fingerprint density at radius 1 is 0.971 bits per heavy atom. The van der Waals surface area contributed by atoms with Crippen LogP contribution in [0.3, 0.4) is 0 Å². The SMILES string of the molecule is Cc1nc2nc([C@H]3CCO[C@H](c4cnn(C5CC5)c4)C3)nc(-c3cn4c(n3)CCC4)c2nc1C. The van der Waals surface area contributed by atoms with Gasteiger partial charge in [0.1, 0.15) is 28.6 Å². The van der Waals surface area contributed by atoms with Gasteiger partial charge in [-0.15, -0.1) is 0 Å². The van der Waals surface area contributed by atoms with Crippen molar-refractivity contribution in [1.82, 2.24) is 39.3 Å². The molecule has 9 heteroatoms. The van der Waals surface area contributed by atoms with Gasteiger partial charge in [-0.2, -0.15) is 5.10 Å². The number of hydrogen-bond acceptors (Lipinski definition) is 7. The van der Waals surface area contributed by atoms with Crippen molar-refractivity contribution in [3.63, 3.8) is 0 Å². The molecule has 2 aliphatic heterocycles. The first-order chi connectivity index (χ1) is 16.6. The summed E-state index contributed by atoms with van der Waals surface area (Å²) >= 11 is 0. The Morgan fingerprint density at radius 3 is 2.71 bits per heavy atom. The average Bonchev–Trinajstić information content (AvgIpc) is 3.22. The van der Waals surface area contributed by atoms with Crippen LogP contribution in [0.15, 0.2) is 18.6 Å². The third kappa shape index (κ3) is 3.41. The number of imidazole rings is 1. The fraction of sp³-hybridized carbons (Fsp3) is 0.520. The quantitative estimate of drug-likeness (QED) is 0.458. The molecule has 4 aromatic heterocycles. The first kappa shape index (κ1) is 20.2. The van der Waals surface area contributed by atoms with Gasteiger partial charge in [-0.1, -0.05) is 0 Å². The molecule has 0 aromatic carbocycles. The molecule has 0 unspecified atom stereocenters. The second kappa shape index (κ2) is 7.66. The molecule has 9 nitrogen and oxygen atoms in total. The highest BCUT2D eigenvalue weighted by molar-refractivity contribution is 5.85. The molecule has 0 bridgehead atoms. The zero-order valence-corrected chi connectivity index (χ0v) is 19.6. The Balaban J connectivity index is 1.28. The normalized spacial score (nSPS) is 22.4. The monoisotopic (exact) mass is 456 g/mol. The van der Waals surface area contributed by atoms with Gasteiger partial charge in [0.2, 0.25) is 0 Å². The Morgan fingerprint density at radius 2 is 1.85 bits per heavy atom. The van der Waals surface area contributed by atoms with Crippen LogP contribution in [0.5, 0.6) is 0 Å². The summed E-state index contributed by atoms with van der Waals surface area (Å²) < 4.78 is 10.5. The van der Waals surface area contributed by atoms with Crippen LogP contribution in [0.1, 0.15) is 78.8 Å². The Hall–Kier alpha value is -3.20. The summed E-state index contributed by atoms with van der Waals surface area (Å²) in [5.74, 6) is 2.12. The molecule has 1 saturated carbocycles. The maximum Gasteiger partial charge on any atom is 0.182 e. The molecule has 1 aliphatic carbocycles. The van der Waals surface area contributed by atoms with E-state index in [1.165, 1.54) is 12.8 Å². The lowest BCUT2D eigenvalue weighted by Gasteiger charge is -2.28. The van der Waals surface area contributed by atoms with E-state index >= 15 is 0 Å². The average molecular weight is 457 g/mol. The highest BCUT2D eigenvalue weighted by atomic mass is 16.5. The van der Waals surface area contributed by atoms with Crippen LogP contribution in [0.25, 0.3) is 22.6 Å². The first-order valence-electron chi connectivity index (χ1n) is 12.4. The van der Waals surface area contributed by atoms with E-state index in [9.17, 15) is 0 Å². The minimum Gasteiger partial charge on any atom is -0.373 e. The fourth-order valence-corrected chi connectivity index (χ4v) is 5.18. The van der Waals surface area contributed by atoms with Gasteiger partial charge in [-0.3, -0.25) is 4.68 Å². The summed E-state index contributed by atoms with van der Waals surface area (Å²) in [4.78, 5) is 24.5. The second-order valence-corrected chi connectivity index (χ2v) is 9.90. The molecule has 2 atom stereocenters. The molecule has 3 aliphatic rings. The fourth-order valence-electron chi connectivity index (χ4n) is 5.18. The molecular formula is C25H28N8O. The lowest BCUT2D eigenvalue weighted by atomic mass is 9.92. The number of rotatable bonds is 4. The van der Waals surface area contributed by atoms with Crippen LogP contribution in [0, 0.1) is 13.8 Å². The minimum absolute atomic E-state index is 0.0104. The van der Waals surface area contributed by atoms with Gasteiger partial charge in [0.15, 0.2) is 5.65 Å². The molecule has 0 N–H and O–H groups in total. The lowest BCUT2D eigenvalue weighted by molar-refractivity contribution is 0.00396. The predicted octanol–water partition coefficient (Wildman–Crippen LogP) is 4.01. The minimum atomic E-state index is 0.0104. The van der Waals surface area contributed by atoms with E-state index in [0.717, 1.165) is 77.7 Å². The predicted molar refractivity (Wildman–Crippen MR) is 125 cm³/mol. The number of hydrogen-bond donors (Lipinski definition) is 0. The van der Waals surface area contributed by atoms with E-state index in [2.05, 4.69) is 26.7 Å². The van der Waals surface area contributed by atoms with Gasteiger partial charge >= 0.3 is 0 Å². The summed E-state index contributed by atoms with van der Waals surface area (Å²) in [7, 11) is 0. The zero-order chi connectivity index (χ0) is 22.8. The summed E-state index contributed by atoms with van der Waals surface area (Å²) in [5.41, 5.74) is 5.99. The van der Waals surface area contributed by atoms with Crippen LogP contribution in [0.4, 0.5) is 0 Å². The highest BCUT2D eigenvalue weighted by Gasteiger charge is 2.31. The zero-order valence-electron chi connectivity index (χ0n) is 19.6. The maximum atomic E-state index is 6.16.